The largest absolute Gasteiger partial charge is 0.573 e. The van der Waals surface area contributed by atoms with Crippen LogP contribution in [0.3, 0.4) is 0 Å². The summed E-state index contributed by atoms with van der Waals surface area (Å²) in [6, 6.07) is 3.96. The van der Waals surface area contributed by atoms with Gasteiger partial charge in [-0.05, 0) is 25.1 Å². The summed E-state index contributed by atoms with van der Waals surface area (Å²) in [5.74, 6) is -0.310. The van der Waals surface area contributed by atoms with Crippen LogP contribution in [0.2, 0.25) is 0 Å². The van der Waals surface area contributed by atoms with Gasteiger partial charge in [-0.1, -0.05) is 11.3 Å². The number of benzene rings is 1. The van der Waals surface area contributed by atoms with Crippen LogP contribution in [0.25, 0.3) is 10.2 Å². The van der Waals surface area contributed by atoms with E-state index in [-0.39, 0.29) is 15.8 Å². The van der Waals surface area contributed by atoms with Crippen LogP contribution in [0.1, 0.15) is 6.92 Å². The first-order valence-electron chi connectivity index (χ1n) is 5.93. The number of nitrogens with one attached hydrogen (secondary N) is 1. The Hall–Kier alpha value is -1.35. The lowest BCUT2D eigenvalue weighted by Crippen LogP contribution is -2.23. The Morgan fingerprint density at radius 2 is 2.14 bits per heavy atom. The summed E-state index contributed by atoms with van der Waals surface area (Å²) >= 11 is 1.06. The fraction of sp³-hybridized carbons (Fsp3) is 0.417. The molecular weight excluding hydrogens is 325 g/mol. The third kappa shape index (κ3) is 3.85. The molecule has 0 fully saturated rings. The molecule has 0 saturated heterocycles. The minimum absolute atomic E-state index is 0.150. The maximum absolute atomic E-state index is 12.2. The summed E-state index contributed by atoms with van der Waals surface area (Å²) in [6.07, 6.45) is -3.16. The highest BCUT2D eigenvalue weighted by molar-refractivity contribution is 7.84. The predicted molar refractivity (Wildman–Crippen MR) is 75.9 cm³/mol. The van der Waals surface area contributed by atoms with Gasteiger partial charge in [0.1, 0.15) is 5.75 Å². The molecule has 2 rings (SSSR count). The van der Waals surface area contributed by atoms with Gasteiger partial charge in [-0.3, -0.25) is 9.62 Å². The molecule has 1 heterocycles. The van der Waals surface area contributed by atoms with Crippen molar-refractivity contribution < 1.29 is 22.1 Å². The molecule has 2 aromatic rings. The number of hydrogen-bond acceptors (Lipinski definition) is 4. The maximum Gasteiger partial charge on any atom is 0.573 e. The summed E-state index contributed by atoms with van der Waals surface area (Å²) in [5.41, 5.74) is 0.636. The number of nitrogens with zero attached hydrogens (tertiary/aromatic N) is 1. The second kappa shape index (κ2) is 5.80. The van der Waals surface area contributed by atoms with Crippen molar-refractivity contribution in [3.8, 4) is 5.75 Å². The average Bonchev–Trinajstić information content (AvgIpc) is 2.63. The average molecular weight is 338 g/mol. The number of fused-ring (bicyclic) bond motifs is 1. The molecule has 1 aromatic carbocycles. The lowest BCUT2D eigenvalue weighted by molar-refractivity contribution is -0.274. The molecule has 1 aromatic heterocycles. The van der Waals surface area contributed by atoms with Gasteiger partial charge >= 0.3 is 6.36 Å². The van der Waals surface area contributed by atoms with Gasteiger partial charge in [0.05, 0.1) is 10.2 Å². The Morgan fingerprint density at radius 3 is 2.71 bits per heavy atom. The SMILES string of the molecule is CC(Cn1c(=N)sc2cc(OC(F)(F)F)ccc21)S(C)=O. The number of rotatable bonds is 4. The molecule has 2 unspecified atom stereocenters. The molecule has 0 aliphatic rings. The van der Waals surface area contributed by atoms with Crippen LogP contribution in [0.5, 0.6) is 5.75 Å². The molecule has 116 valence electrons. The summed E-state index contributed by atoms with van der Waals surface area (Å²) in [6.45, 7) is 2.18. The molecule has 2 atom stereocenters. The van der Waals surface area contributed by atoms with Crippen molar-refractivity contribution in [1.82, 2.24) is 4.57 Å². The smallest absolute Gasteiger partial charge is 0.406 e. The van der Waals surface area contributed by atoms with Gasteiger partial charge in [-0.25, -0.2) is 0 Å². The lowest BCUT2D eigenvalue weighted by atomic mass is 10.3. The molecule has 0 radical (unpaired) electrons. The van der Waals surface area contributed by atoms with Gasteiger partial charge in [0.25, 0.3) is 0 Å². The maximum atomic E-state index is 12.2. The molecule has 0 amide bonds. The minimum atomic E-state index is -4.74. The zero-order chi connectivity index (χ0) is 15.8. The van der Waals surface area contributed by atoms with Crippen molar-refractivity contribution in [2.75, 3.05) is 6.26 Å². The minimum Gasteiger partial charge on any atom is -0.406 e. The van der Waals surface area contributed by atoms with Crippen molar-refractivity contribution >= 4 is 32.4 Å². The monoisotopic (exact) mass is 338 g/mol. The number of aromatic nitrogens is 1. The van der Waals surface area contributed by atoms with Crippen molar-refractivity contribution in [1.29, 1.82) is 5.41 Å². The Morgan fingerprint density at radius 1 is 1.48 bits per heavy atom. The first-order valence-corrected chi connectivity index (χ1v) is 8.37. The first-order chi connectivity index (χ1) is 9.67. The van der Waals surface area contributed by atoms with Gasteiger partial charge in [0, 0.05) is 28.9 Å². The highest BCUT2D eigenvalue weighted by Gasteiger charge is 2.31. The molecule has 0 aliphatic heterocycles. The molecule has 0 spiro atoms. The summed E-state index contributed by atoms with van der Waals surface area (Å²) in [5, 5.41) is 7.75. The standard InChI is InChI=1S/C12H13F3N2O2S2/c1-7(21(2)18)6-17-9-4-3-8(19-12(13,14)15)5-10(9)20-11(17)16/h3-5,7,16H,6H2,1-2H3. The molecule has 4 nitrogen and oxygen atoms in total. The van der Waals surface area contributed by atoms with Gasteiger partial charge < -0.3 is 9.30 Å². The third-order valence-corrected chi connectivity index (χ3v) is 5.16. The Bertz CT molecular complexity index is 736. The molecule has 21 heavy (non-hydrogen) atoms. The quantitative estimate of drug-likeness (QED) is 0.932. The van der Waals surface area contributed by atoms with E-state index in [1.54, 1.807) is 17.7 Å². The predicted octanol–water partition coefficient (Wildman–Crippen LogP) is 2.85. The van der Waals surface area contributed by atoms with Crippen LogP contribution in [0.15, 0.2) is 18.2 Å². The fourth-order valence-electron chi connectivity index (χ4n) is 1.81. The van der Waals surface area contributed by atoms with Crippen LogP contribution in [-0.2, 0) is 17.3 Å². The van der Waals surface area contributed by atoms with Gasteiger partial charge in [0.2, 0.25) is 0 Å². The summed E-state index contributed by atoms with van der Waals surface area (Å²) in [7, 11) is -1.04. The van der Waals surface area contributed by atoms with Crippen LogP contribution in [0.4, 0.5) is 13.2 Å². The van der Waals surface area contributed by atoms with E-state index in [4.69, 9.17) is 5.41 Å². The van der Waals surface area contributed by atoms with E-state index in [1.807, 2.05) is 0 Å². The number of halogens is 3. The van der Waals surface area contributed by atoms with Crippen molar-refractivity contribution in [3.05, 3.63) is 23.0 Å². The molecule has 1 N–H and O–H groups in total. The number of ether oxygens (including phenoxy) is 1. The van der Waals surface area contributed by atoms with E-state index >= 15 is 0 Å². The summed E-state index contributed by atoms with van der Waals surface area (Å²) < 4.78 is 54.0. The topological polar surface area (TPSA) is 55.1 Å². The highest BCUT2D eigenvalue weighted by Crippen LogP contribution is 2.28. The lowest BCUT2D eigenvalue weighted by Gasteiger charge is -2.11. The number of alkyl halides is 3. The Labute approximate surface area is 125 Å². The highest BCUT2D eigenvalue weighted by atomic mass is 32.2. The second-order valence-corrected chi connectivity index (χ2v) is 7.34. The Balaban J connectivity index is 2.39. The Kier molecular flexibility index (Phi) is 4.43. The van der Waals surface area contributed by atoms with Crippen LogP contribution in [0, 0.1) is 5.41 Å². The zero-order valence-electron chi connectivity index (χ0n) is 11.2. The first kappa shape index (κ1) is 16.0. The molecule has 0 aliphatic carbocycles. The van der Waals surface area contributed by atoms with E-state index in [2.05, 4.69) is 4.74 Å². The molecule has 0 saturated carbocycles. The zero-order valence-corrected chi connectivity index (χ0v) is 12.9. The van der Waals surface area contributed by atoms with E-state index < -0.39 is 17.2 Å². The molecule has 0 bridgehead atoms. The van der Waals surface area contributed by atoms with Crippen LogP contribution in [-0.4, -0.2) is 26.6 Å². The normalized spacial score (nSPS) is 15.1. The number of hydrogen-bond donors (Lipinski definition) is 1. The fourth-order valence-corrected chi connectivity index (χ4v) is 3.12. The molecular formula is C12H13F3N2O2S2. The van der Waals surface area contributed by atoms with Gasteiger partial charge in [-0.15, -0.1) is 13.2 Å². The van der Waals surface area contributed by atoms with Crippen LogP contribution < -0.4 is 9.54 Å². The van der Waals surface area contributed by atoms with E-state index in [9.17, 15) is 17.4 Å². The molecule has 9 heteroatoms. The van der Waals surface area contributed by atoms with Gasteiger partial charge in [-0.2, -0.15) is 0 Å². The van der Waals surface area contributed by atoms with Crippen molar-refractivity contribution in [3.63, 3.8) is 0 Å². The summed E-state index contributed by atoms with van der Waals surface area (Å²) in [4.78, 5) is 0.200. The second-order valence-electron chi connectivity index (χ2n) is 4.50. The van der Waals surface area contributed by atoms with Crippen molar-refractivity contribution in [2.45, 2.75) is 25.1 Å². The van der Waals surface area contributed by atoms with E-state index in [0.29, 0.717) is 16.8 Å². The van der Waals surface area contributed by atoms with E-state index in [0.717, 1.165) is 11.3 Å². The third-order valence-electron chi connectivity index (χ3n) is 2.91. The van der Waals surface area contributed by atoms with Gasteiger partial charge in [0.15, 0.2) is 4.80 Å². The van der Waals surface area contributed by atoms with Crippen molar-refractivity contribution in [2.24, 2.45) is 0 Å². The number of thiazole rings is 1. The van der Waals surface area contributed by atoms with E-state index in [1.165, 1.54) is 18.2 Å². The van der Waals surface area contributed by atoms with Crippen LogP contribution >= 0.6 is 11.3 Å².